The summed E-state index contributed by atoms with van der Waals surface area (Å²) in [7, 11) is 0. The smallest absolute Gasteiger partial charge is 0.187 e. The van der Waals surface area contributed by atoms with Gasteiger partial charge in [0.05, 0.1) is 11.7 Å². The fraction of sp³-hybridized carbons (Fsp3) is 0.273. The minimum Gasteiger partial charge on any atom is -0.323 e. The van der Waals surface area contributed by atoms with Gasteiger partial charge in [-0.3, -0.25) is 0 Å². The highest BCUT2D eigenvalue weighted by molar-refractivity contribution is 6.99. The third kappa shape index (κ3) is 1.58. The zero-order valence-electron chi connectivity index (χ0n) is 8.56. The molecular formula is C11H10ClN3S. The Morgan fingerprint density at radius 1 is 1.25 bits per heavy atom. The summed E-state index contributed by atoms with van der Waals surface area (Å²) in [5.41, 5.74) is 2.57. The number of halogens is 1. The van der Waals surface area contributed by atoms with E-state index in [9.17, 15) is 0 Å². The van der Waals surface area contributed by atoms with Crippen molar-refractivity contribution in [2.24, 2.45) is 0 Å². The number of para-hydroxylation sites is 1. The van der Waals surface area contributed by atoms with Crippen molar-refractivity contribution in [3.8, 4) is 0 Å². The third-order valence-electron chi connectivity index (χ3n) is 2.80. The number of aryl methyl sites for hydroxylation is 1. The van der Waals surface area contributed by atoms with Crippen molar-refractivity contribution in [1.29, 1.82) is 0 Å². The molecular weight excluding hydrogens is 242 g/mol. The average Bonchev–Trinajstić information content (AvgIpc) is 2.75. The SMILES string of the molecule is Clc1nsnc1N1CCCc2ccccc21. The second-order valence-electron chi connectivity index (χ2n) is 3.76. The Balaban J connectivity index is 2.08. The minimum absolute atomic E-state index is 0.502. The first-order valence-corrected chi connectivity index (χ1v) is 6.30. The number of benzene rings is 1. The standard InChI is InChI=1S/C11H10ClN3S/c12-10-11(14-16-13-10)15-7-3-5-8-4-1-2-6-9(8)15/h1-2,4,6H,3,5,7H2. The molecule has 1 aromatic carbocycles. The van der Waals surface area contributed by atoms with Crippen molar-refractivity contribution in [1.82, 2.24) is 8.75 Å². The van der Waals surface area contributed by atoms with E-state index in [4.69, 9.17) is 11.6 Å². The molecule has 3 rings (SSSR count). The van der Waals surface area contributed by atoms with Gasteiger partial charge in [-0.1, -0.05) is 29.8 Å². The molecule has 0 aliphatic carbocycles. The second kappa shape index (κ2) is 4.03. The number of aromatic nitrogens is 2. The number of nitrogens with zero attached hydrogens (tertiary/aromatic N) is 3. The summed E-state index contributed by atoms with van der Waals surface area (Å²) in [6.45, 7) is 0.960. The lowest BCUT2D eigenvalue weighted by atomic mass is 10.0. The Kier molecular flexibility index (Phi) is 2.53. The van der Waals surface area contributed by atoms with Crippen LogP contribution < -0.4 is 4.90 Å². The van der Waals surface area contributed by atoms with E-state index in [1.54, 1.807) is 0 Å². The monoisotopic (exact) mass is 251 g/mol. The molecule has 16 heavy (non-hydrogen) atoms. The summed E-state index contributed by atoms with van der Waals surface area (Å²) in [6.07, 6.45) is 2.26. The number of fused-ring (bicyclic) bond motifs is 1. The fourth-order valence-corrected chi connectivity index (χ4v) is 2.83. The van der Waals surface area contributed by atoms with Crippen LogP contribution in [0.1, 0.15) is 12.0 Å². The van der Waals surface area contributed by atoms with Gasteiger partial charge in [-0.2, -0.15) is 8.75 Å². The van der Waals surface area contributed by atoms with Gasteiger partial charge in [0, 0.05) is 12.2 Å². The molecule has 0 saturated heterocycles. The van der Waals surface area contributed by atoms with Crippen LogP contribution >= 0.6 is 23.3 Å². The van der Waals surface area contributed by atoms with E-state index in [2.05, 4.69) is 31.8 Å². The Labute approximate surface area is 103 Å². The molecule has 0 radical (unpaired) electrons. The van der Waals surface area contributed by atoms with Gasteiger partial charge in [-0.05, 0) is 24.5 Å². The van der Waals surface area contributed by atoms with E-state index in [0.717, 1.165) is 36.9 Å². The molecule has 0 spiro atoms. The quantitative estimate of drug-likeness (QED) is 0.779. The molecule has 0 N–H and O–H groups in total. The van der Waals surface area contributed by atoms with Crippen LogP contribution in [0.5, 0.6) is 0 Å². The summed E-state index contributed by atoms with van der Waals surface area (Å²) < 4.78 is 8.28. The van der Waals surface area contributed by atoms with Crippen molar-refractivity contribution in [2.75, 3.05) is 11.4 Å². The molecule has 2 heterocycles. The molecule has 0 atom stereocenters. The first-order chi connectivity index (χ1) is 7.86. The number of hydrogen-bond acceptors (Lipinski definition) is 4. The topological polar surface area (TPSA) is 29.0 Å². The lowest BCUT2D eigenvalue weighted by molar-refractivity contribution is 0.762. The summed E-state index contributed by atoms with van der Waals surface area (Å²) in [4.78, 5) is 2.16. The van der Waals surface area contributed by atoms with Crippen LogP contribution in [0.3, 0.4) is 0 Å². The van der Waals surface area contributed by atoms with E-state index in [1.165, 1.54) is 11.3 Å². The summed E-state index contributed by atoms with van der Waals surface area (Å²) in [5.74, 6) is 0.791. The van der Waals surface area contributed by atoms with Gasteiger partial charge in [0.15, 0.2) is 11.0 Å². The molecule has 0 bridgehead atoms. The zero-order chi connectivity index (χ0) is 11.0. The van der Waals surface area contributed by atoms with E-state index in [1.807, 2.05) is 6.07 Å². The van der Waals surface area contributed by atoms with Crippen LogP contribution in [0, 0.1) is 0 Å². The van der Waals surface area contributed by atoms with Crippen molar-refractivity contribution in [2.45, 2.75) is 12.8 Å². The highest BCUT2D eigenvalue weighted by Crippen LogP contribution is 2.35. The first-order valence-electron chi connectivity index (χ1n) is 5.20. The van der Waals surface area contributed by atoms with Gasteiger partial charge in [0.1, 0.15) is 0 Å². The second-order valence-corrected chi connectivity index (χ2v) is 4.65. The van der Waals surface area contributed by atoms with Crippen LogP contribution in [0.4, 0.5) is 11.5 Å². The fourth-order valence-electron chi connectivity index (χ4n) is 2.09. The molecule has 3 nitrogen and oxygen atoms in total. The third-order valence-corrected chi connectivity index (χ3v) is 3.67. The van der Waals surface area contributed by atoms with E-state index in [-0.39, 0.29) is 0 Å². The van der Waals surface area contributed by atoms with Crippen molar-refractivity contribution in [3.05, 3.63) is 35.0 Å². The minimum atomic E-state index is 0.502. The normalized spacial score (nSPS) is 14.9. The first kappa shape index (κ1) is 10.1. The van der Waals surface area contributed by atoms with Gasteiger partial charge in [-0.25, -0.2) is 0 Å². The summed E-state index contributed by atoms with van der Waals surface area (Å²) in [5, 5.41) is 0.502. The van der Waals surface area contributed by atoms with Gasteiger partial charge < -0.3 is 4.90 Å². The van der Waals surface area contributed by atoms with E-state index in [0.29, 0.717) is 5.15 Å². The van der Waals surface area contributed by atoms with Gasteiger partial charge in [0.25, 0.3) is 0 Å². The Bertz CT molecular complexity index is 511. The zero-order valence-corrected chi connectivity index (χ0v) is 10.1. The molecule has 82 valence electrons. The summed E-state index contributed by atoms with van der Waals surface area (Å²) in [6, 6.07) is 8.40. The van der Waals surface area contributed by atoms with Crippen molar-refractivity contribution >= 4 is 34.8 Å². The average molecular weight is 252 g/mol. The molecule has 1 aromatic heterocycles. The maximum absolute atomic E-state index is 6.03. The van der Waals surface area contributed by atoms with Gasteiger partial charge in [-0.15, -0.1) is 0 Å². The van der Waals surface area contributed by atoms with E-state index < -0.39 is 0 Å². The maximum Gasteiger partial charge on any atom is 0.187 e. The Morgan fingerprint density at radius 2 is 2.12 bits per heavy atom. The molecule has 0 amide bonds. The van der Waals surface area contributed by atoms with Gasteiger partial charge >= 0.3 is 0 Å². The predicted octanol–water partition coefficient (Wildman–Crippen LogP) is 3.28. The molecule has 1 aliphatic heterocycles. The lowest BCUT2D eigenvalue weighted by Crippen LogP contribution is -2.24. The molecule has 2 aromatic rings. The lowest BCUT2D eigenvalue weighted by Gasteiger charge is -2.29. The Hall–Kier alpha value is -1.13. The van der Waals surface area contributed by atoms with Crippen LogP contribution in [0.2, 0.25) is 5.15 Å². The highest BCUT2D eigenvalue weighted by Gasteiger charge is 2.21. The van der Waals surface area contributed by atoms with Crippen LogP contribution in [0.25, 0.3) is 0 Å². The Morgan fingerprint density at radius 3 is 2.94 bits per heavy atom. The van der Waals surface area contributed by atoms with Crippen LogP contribution in [0.15, 0.2) is 24.3 Å². The molecule has 0 fully saturated rings. The number of anilines is 2. The molecule has 0 unspecified atom stereocenters. The van der Waals surface area contributed by atoms with Crippen molar-refractivity contribution in [3.63, 3.8) is 0 Å². The molecule has 1 aliphatic rings. The van der Waals surface area contributed by atoms with Crippen molar-refractivity contribution < 1.29 is 0 Å². The van der Waals surface area contributed by atoms with Crippen LogP contribution in [-0.2, 0) is 6.42 Å². The predicted molar refractivity (Wildman–Crippen MR) is 66.7 cm³/mol. The molecule has 0 saturated carbocycles. The largest absolute Gasteiger partial charge is 0.323 e. The number of hydrogen-bond donors (Lipinski definition) is 0. The number of rotatable bonds is 1. The van der Waals surface area contributed by atoms with E-state index >= 15 is 0 Å². The van der Waals surface area contributed by atoms with Crippen LogP contribution in [-0.4, -0.2) is 15.3 Å². The highest BCUT2D eigenvalue weighted by atomic mass is 35.5. The summed E-state index contributed by atoms with van der Waals surface area (Å²) >= 11 is 7.20. The maximum atomic E-state index is 6.03. The van der Waals surface area contributed by atoms with Gasteiger partial charge in [0.2, 0.25) is 0 Å². The molecule has 5 heteroatoms.